The summed E-state index contributed by atoms with van der Waals surface area (Å²) in [6, 6.07) is 0.184. The average molecular weight is 312 g/mol. The van der Waals surface area contributed by atoms with E-state index in [4.69, 9.17) is 0 Å². The predicted octanol–water partition coefficient (Wildman–Crippen LogP) is 1.47. The van der Waals surface area contributed by atoms with Gasteiger partial charge in [-0.3, -0.25) is 5.10 Å². The number of hydrogen-bond donors (Lipinski definition) is 2. The number of sulfonamides is 1. The van der Waals surface area contributed by atoms with Crippen LogP contribution < -0.4 is 5.32 Å². The van der Waals surface area contributed by atoms with Gasteiger partial charge in [-0.15, -0.1) is 0 Å². The SMILES string of the molecule is CNCc1cn[nH]c1S(=O)(=O)N1CCC[C@H]2CCCC[C@H]21. The molecule has 118 valence electrons. The summed E-state index contributed by atoms with van der Waals surface area (Å²) in [6.07, 6.45) is 8.29. The largest absolute Gasteiger partial charge is 0.316 e. The van der Waals surface area contributed by atoms with E-state index in [9.17, 15) is 8.42 Å². The average Bonchev–Trinajstić information content (AvgIpc) is 2.96. The fourth-order valence-corrected chi connectivity index (χ4v) is 5.70. The first-order chi connectivity index (χ1) is 10.1. The summed E-state index contributed by atoms with van der Waals surface area (Å²) in [4.78, 5) is 0. The van der Waals surface area contributed by atoms with Gasteiger partial charge < -0.3 is 5.32 Å². The topological polar surface area (TPSA) is 78.1 Å². The molecule has 0 bridgehead atoms. The van der Waals surface area contributed by atoms with Crippen molar-refractivity contribution in [2.45, 2.75) is 56.1 Å². The Bertz CT molecular complexity index is 582. The molecule has 7 heteroatoms. The number of fused-ring (bicyclic) bond motifs is 1. The highest BCUT2D eigenvalue weighted by molar-refractivity contribution is 7.89. The second-order valence-corrected chi connectivity index (χ2v) is 7.95. The third kappa shape index (κ3) is 2.74. The highest BCUT2D eigenvalue weighted by atomic mass is 32.2. The lowest BCUT2D eigenvalue weighted by Crippen LogP contribution is -2.49. The predicted molar refractivity (Wildman–Crippen MR) is 80.2 cm³/mol. The number of hydrogen-bond acceptors (Lipinski definition) is 4. The van der Waals surface area contributed by atoms with E-state index in [1.54, 1.807) is 10.5 Å². The minimum Gasteiger partial charge on any atom is -0.316 e. The molecule has 6 nitrogen and oxygen atoms in total. The molecule has 1 aliphatic carbocycles. The monoisotopic (exact) mass is 312 g/mol. The molecule has 0 amide bonds. The number of nitrogens with one attached hydrogen (secondary N) is 2. The molecule has 0 radical (unpaired) electrons. The van der Waals surface area contributed by atoms with Crippen molar-refractivity contribution in [3.05, 3.63) is 11.8 Å². The lowest BCUT2D eigenvalue weighted by molar-refractivity contribution is 0.128. The molecule has 2 N–H and O–H groups in total. The van der Waals surface area contributed by atoms with Crippen LogP contribution in [0.5, 0.6) is 0 Å². The summed E-state index contributed by atoms with van der Waals surface area (Å²) >= 11 is 0. The van der Waals surface area contributed by atoms with E-state index in [2.05, 4.69) is 15.5 Å². The zero-order chi connectivity index (χ0) is 14.9. The summed E-state index contributed by atoms with van der Waals surface area (Å²) in [5.41, 5.74) is 0.718. The van der Waals surface area contributed by atoms with Crippen LogP contribution in [0, 0.1) is 5.92 Å². The minimum atomic E-state index is -3.47. The van der Waals surface area contributed by atoms with Crippen LogP contribution in [0.15, 0.2) is 11.2 Å². The molecule has 1 saturated heterocycles. The molecule has 1 aromatic heterocycles. The van der Waals surface area contributed by atoms with Crippen molar-refractivity contribution in [2.75, 3.05) is 13.6 Å². The van der Waals surface area contributed by atoms with Crippen LogP contribution in [0.3, 0.4) is 0 Å². The van der Waals surface area contributed by atoms with Crippen LogP contribution >= 0.6 is 0 Å². The van der Waals surface area contributed by atoms with Crippen molar-refractivity contribution in [3.8, 4) is 0 Å². The van der Waals surface area contributed by atoms with Gasteiger partial charge in [-0.25, -0.2) is 8.42 Å². The summed E-state index contributed by atoms with van der Waals surface area (Å²) in [6.45, 7) is 1.15. The Morgan fingerprint density at radius 2 is 2.10 bits per heavy atom. The second kappa shape index (κ2) is 6.06. The maximum absolute atomic E-state index is 13.0. The molecular formula is C14H24N4O2S. The van der Waals surface area contributed by atoms with Crippen LogP contribution in [0.4, 0.5) is 0 Å². The van der Waals surface area contributed by atoms with Gasteiger partial charge in [0.1, 0.15) is 0 Å². The van der Waals surface area contributed by atoms with Gasteiger partial charge in [0.2, 0.25) is 0 Å². The Kier molecular flexibility index (Phi) is 4.33. The fraction of sp³-hybridized carbons (Fsp3) is 0.786. The first-order valence-electron chi connectivity index (χ1n) is 7.83. The molecule has 0 unspecified atom stereocenters. The molecule has 2 atom stereocenters. The van der Waals surface area contributed by atoms with Crippen LogP contribution in [0.1, 0.15) is 44.1 Å². The van der Waals surface area contributed by atoms with Crippen molar-refractivity contribution in [2.24, 2.45) is 5.92 Å². The molecule has 0 spiro atoms. The highest BCUT2D eigenvalue weighted by Crippen LogP contribution is 2.38. The lowest BCUT2D eigenvalue weighted by atomic mass is 9.79. The zero-order valence-corrected chi connectivity index (χ0v) is 13.3. The number of nitrogens with zero attached hydrogens (tertiary/aromatic N) is 2. The van der Waals surface area contributed by atoms with E-state index in [1.807, 2.05) is 7.05 Å². The van der Waals surface area contributed by atoms with Crippen molar-refractivity contribution >= 4 is 10.0 Å². The minimum absolute atomic E-state index is 0.184. The molecule has 0 aromatic carbocycles. The van der Waals surface area contributed by atoms with Gasteiger partial charge >= 0.3 is 0 Å². The quantitative estimate of drug-likeness (QED) is 0.882. The molecule has 1 saturated carbocycles. The van der Waals surface area contributed by atoms with Gasteiger partial charge in [-0.05, 0) is 38.6 Å². The van der Waals surface area contributed by atoms with Gasteiger partial charge in [-0.1, -0.05) is 12.8 Å². The number of H-pyrrole nitrogens is 1. The second-order valence-electron chi connectivity index (χ2n) is 6.12. The number of aromatic nitrogens is 2. The summed E-state index contributed by atoms with van der Waals surface area (Å²) < 4.78 is 27.8. The molecule has 2 aliphatic rings. The Morgan fingerprint density at radius 3 is 2.90 bits per heavy atom. The normalized spacial score (nSPS) is 27.5. The third-order valence-electron chi connectivity index (χ3n) is 4.80. The zero-order valence-electron chi connectivity index (χ0n) is 12.5. The van der Waals surface area contributed by atoms with Gasteiger partial charge in [0.25, 0.3) is 10.0 Å². The molecular weight excluding hydrogens is 288 g/mol. The van der Waals surface area contributed by atoms with Crippen molar-refractivity contribution in [1.82, 2.24) is 19.8 Å². The van der Waals surface area contributed by atoms with E-state index in [1.165, 1.54) is 19.3 Å². The lowest BCUT2D eigenvalue weighted by Gasteiger charge is -2.42. The Labute approximate surface area is 126 Å². The van der Waals surface area contributed by atoms with Crippen LogP contribution in [-0.4, -0.2) is 42.6 Å². The molecule has 2 fully saturated rings. The maximum Gasteiger partial charge on any atom is 0.260 e. The Morgan fingerprint density at radius 1 is 1.33 bits per heavy atom. The van der Waals surface area contributed by atoms with Crippen molar-refractivity contribution in [3.63, 3.8) is 0 Å². The van der Waals surface area contributed by atoms with E-state index >= 15 is 0 Å². The molecule has 21 heavy (non-hydrogen) atoms. The standard InChI is InChI=1S/C14H24N4O2S/c1-15-9-12-10-16-17-14(12)21(19,20)18-8-4-6-11-5-2-3-7-13(11)18/h10-11,13,15H,2-9H2,1H3,(H,16,17)/t11-,13-/m1/s1. The molecule has 1 aromatic rings. The fourth-order valence-electron chi connectivity index (χ4n) is 3.83. The smallest absolute Gasteiger partial charge is 0.260 e. The molecule has 3 rings (SSSR count). The van der Waals surface area contributed by atoms with Gasteiger partial charge in [0.05, 0.1) is 6.20 Å². The molecule has 2 heterocycles. The summed E-state index contributed by atoms with van der Waals surface area (Å²) in [5, 5.41) is 9.90. The number of rotatable bonds is 4. The summed E-state index contributed by atoms with van der Waals surface area (Å²) in [5.74, 6) is 0.540. The Hall–Kier alpha value is -0.920. The van der Waals surface area contributed by atoms with Gasteiger partial charge in [0.15, 0.2) is 5.03 Å². The maximum atomic E-state index is 13.0. The van der Waals surface area contributed by atoms with Crippen LogP contribution in [0.25, 0.3) is 0 Å². The van der Waals surface area contributed by atoms with E-state index in [-0.39, 0.29) is 11.1 Å². The van der Waals surface area contributed by atoms with Crippen LogP contribution in [-0.2, 0) is 16.6 Å². The van der Waals surface area contributed by atoms with E-state index in [0.717, 1.165) is 24.8 Å². The summed E-state index contributed by atoms with van der Waals surface area (Å²) in [7, 11) is -1.66. The van der Waals surface area contributed by atoms with Crippen molar-refractivity contribution in [1.29, 1.82) is 0 Å². The number of piperidine rings is 1. The highest BCUT2D eigenvalue weighted by Gasteiger charge is 2.41. The molecule has 1 aliphatic heterocycles. The first-order valence-corrected chi connectivity index (χ1v) is 9.27. The van der Waals surface area contributed by atoms with E-state index < -0.39 is 10.0 Å². The number of aromatic amines is 1. The first kappa shape index (κ1) is 15.0. The van der Waals surface area contributed by atoms with E-state index in [0.29, 0.717) is 19.0 Å². The van der Waals surface area contributed by atoms with Crippen LogP contribution in [0.2, 0.25) is 0 Å². The van der Waals surface area contributed by atoms with Crippen molar-refractivity contribution < 1.29 is 8.42 Å². The van der Waals surface area contributed by atoms with Gasteiger partial charge in [-0.2, -0.15) is 9.40 Å². The third-order valence-corrected chi connectivity index (χ3v) is 6.74. The Balaban J connectivity index is 1.91. The van der Waals surface area contributed by atoms with Gasteiger partial charge in [0, 0.05) is 24.7 Å².